The van der Waals surface area contributed by atoms with Gasteiger partial charge in [-0.05, 0) is 73.0 Å². The van der Waals surface area contributed by atoms with Crippen molar-refractivity contribution in [2.75, 3.05) is 0 Å². The van der Waals surface area contributed by atoms with E-state index in [4.69, 9.17) is 37.4 Å². The molecule has 0 spiro atoms. The molecule has 0 aliphatic rings. The maximum absolute atomic E-state index is 12.7. The van der Waals surface area contributed by atoms with E-state index in [1.165, 1.54) is 73.4 Å². The third kappa shape index (κ3) is 8.65. The van der Waals surface area contributed by atoms with Gasteiger partial charge in [-0.3, -0.25) is 10.1 Å². The first-order chi connectivity index (χ1) is 21.1. The molecule has 0 aliphatic carbocycles. The van der Waals surface area contributed by atoms with Crippen LogP contribution in [0, 0.1) is 10.1 Å². The molecule has 0 aliphatic heterocycles. The zero-order valence-corrected chi connectivity index (χ0v) is 25.1. The Balaban J connectivity index is 1.31. The number of esters is 3. The molecule has 0 bridgehead atoms. The van der Waals surface area contributed by atoms with Crippen LogP contribution in [0.3, 0.4) is 0 Å². The molecule has 0 unspecified atom stereocenters. The van der Waals surface area contributed by atoms with E-state index < -0.39 is 22.8 Å². The smallest absolute Gasteiger partial charge is 0.345 e. The van der Waals surface area contributed by atoms with E-state index >= 15 is 0 Å². The van der Waals surface area contributed by atoms with Crippen molar-refractivity contribution in [2.24, 2.45) is 0 Å². The van der Waals surface area contributed by atoms with Gasteiger partial charge >= 0.3 is 17.9 Å². The van der Waals surface area contributed by atoms with Gasteiger partial charge in [-0.2, -0.15) is 0 Å². The van der Waals surface area contributed by atoms with Gasteiger partial charge in [-0.25, -0.2) is 14.4 Å². The molecule has 0 N–H and O–H groups in total. The Morgan fingerprint density at radius 2 is 1.18 bits per heavy atom. The number of halogens is 2. The molecule has 0 radical (unpaired) electrons. The third-order valence-corrected chi connectivity index (χ3v) is 7.12. The second-order valence-electron chi connectivity index (χ2n) is 9.71. The lowest BCUT2D eigenvalue weighted by molar-refractivity contribution is -0.384. The first-order valence-electron chi connectivity index (χ1n) is 13.7. The van der Waals surface area contributed by atoms with Crippen molar-refractivity contribution in [2.45, 2.75) is 39.0 Å². The highest BCUT2D eigenvalue weighted by atomic mass is 35.5. The molecule has 226 valence electrons. The van der Waals surface area contributed by atoms with Crippen molar-refractivity contribution >= 4 is 46.8 Å². The molecule has 0 amide bonds. The molecule has 11 heteroatoms. The SMILES string of the molecule is CCCCCCc1ccc(C(=O)Oc2ccc(C(=O)Oc3ccc(C(=O)Oc4ccc([N+](=O)[O-])c(Cl)c4)c(Cl)c3)cc2)cc1. The molecule has 4 aromatic rings. The summed E-state index contributed by atoms with van der Waals surface area (Å²) in [5.41, 5.74) is 1.41. The van der Waals surface area contributed by atoms with Gasteiger partial charge in [0.2, 0.25) is 0 Å². The summed E-state index contributed by atoms with van der Waals surface area (Å²) >= 11 is 12.1. The van der Waals surface area contributed by atoms with Crippen LogP contribution >= 0.6 is 23.2 Å². The van der Waals surface area contributed by atoms with Crippen LogP contribution in [0.2, 0.25) is 10.0 Å². The highest BCUT2D eigenvalue weighted by molar-refractivity contribution is 6.34. The molecular formula is C33H27Cl2NO8. The molecule has 4 rings (SSSR count). The fourth-order valence-electron chi connectivity index (χ4n) is 4.14. The number of ether oxygens (including phenoxy) is 3. The van der Waals surface area contributed by atoms with E-state index in [9.17, 15) is 24.5 Å². The molecule has 4 aromatic carbocycles. The highest BCUT2D eigenvalue weighted by Gasteiger charge is 2.18. The van der Waals surface area contributed by atoms with Crippen molar-refractivity contribution in [1.29, 1.82) is 0 Å². The number of rotatable bonds is 12. The van der Waals surface area contributed by atoms with E-state index in [-0.39, 0.29) is 44.1 Å². The number of nitro groups is 1. The fraction of sp³-hybridized carbons (Fsp3) is 0.182. The first-order valence-corrected chi connectivity index (χ1v) is 14.5. The van der Waals surface area contributed by atoms with Crippen molar-refractivity contribution in [3.05, 3.63) is 127 Å². The van der Waals surface area contributed by atoms with E-state index in [0.29, 0.717) is 5.56 Å². The number of carbonyl (C=O) groups excluding carboxylic acids is 3. The zero-order chi connectivity index (χ0) is 31.6. The monoisotopic (exact) mass is 635 g/mol. The van der Waals surface area contributed by atoms with Gasteiger partial charge in [-0.1, -0.05) is 61.5 Å². The maximum atomic E-state index is 12.7. The molecule has 0 heterocycles. The second kappa shape index (κ2) is 15.1. The minimum atomic E-state index is -0.846. The van der Waals surface area contributed by atoms with E-state index in [1.807, 2.05) is 12.1 Å². The first kappa shape index (κ1) is 32.2. The van der Waals surface area contributed by atoms with Crippen LogP contribution in [-0.4, -0.2) is 22.8 Å². The van der Waals surface area contributed by atoms with Gasteiger partial charge in [0.25, 0.3) is 5.69 Å². The van der Waals surface area contributed by atoms with Gasteiger partial charge in [0.15, 0.2) is 0 Å². The Hall–Kier alpha value is -4.73. The number of unbranched alkanes of at least 4 members (excludes halogenated alkanes) is 3. The van der Waals surface area contributed by atoms with Crippen molar-refractivity contribution < 1.29 is 33.5 Å². The number of aryl methyl sites for hydroxylation is 1. The largest absolute Gasteiger partial charge is 0.423 e. The fourth-order valence-corrected chi connectivity index (χ4v) is 4.63. The third-order valence-electron chi connectivity index (χ3n) is 6.51. The number of carbonyl (C=O) groups is 3. The summed E-state index contributed by atoms with van der Waals surface area (Å²) in [5, 5.41) is 10.7. The lowest BCUT2D eigenvalue weighted by atomic mass is 10.0. The summed E-state index contributed by atoms with van der Waals surface area (Å²) in [5.74, 6) is -1.75. The lowest BCUT2D eigenvalue weighted by Gasteiger charge is -2.09. The minimum absolute atomic E-state index is 0.0163. The van der Waals surface area contributed by atoms with E-state index in [0.717, 1.165) is 25.0 Å². The van der Waals surface area contributed by atoms with Crippen LogP contribution in [0.5, 0.6) is 17.2 Å². The predicted molar refractivity (Wildman–Crippen MR) is 165 cm³/mol. The number of hydrogen-bond acceptors (Lipinski definition) is 8. The summed E-state index contributed by atoms with van der Waals surface area (Å²) in [6, 6.07) is 20.6. The molecule has 9 nitrogen and oxygen atoms in total. The predicted octanol–water partition coefficient (Wildman–Crippen LogP) is 8.68. The highest BCUT2D eigenvalue weighted by Crippen LogP contribution is 2.30. The second-order valence-corrected chi connectivity index (χ2v) is 10.5. The van der Waals surface area contributed by atoms with Gasteiger partial charge < -0.3 is 14.2 Å². The van der Waals surface area contributed by atoms with Crippen molar-refractivity contribution in [3.8, 4) is 17.2 Å². The standard InChI is InChI=1S/C33H27Cl2NO8/c1-2-3-4-5-6-21-7-9-22(10-8-21)31(37)42-24-13-11-23(12-14-24)32(38)43-25-15-17-27(28(34)19-25)33(39)44-26-16-18-30(36(40)41)29(35)20-26/h7-20H,2-6H2,1H3. The van der Waals surface area contributed by atoms with Gasteiger partial charge in [0.1, 0.15) is 22.3 Å². The molecular weight excluding hydrogens is 609 g/mol. The van der Waals surface area contributed by atoms with E-state index in [2.05, 4.69) is 6.92 Å². The summed E-state index contributed by atoms with van der Waals surface area (Å²) in [6.07, 6.45) is 5.66. The number of nitrogens with zero attached hydrogens (tertiary/aromatic N) is 1. The van der Waals surface area contributed by atoms with Crippen LogP contribution in [0.15, 0.2) is 84.9 Å². The van der Waals surface area contributed by atoms with Crippen LogP contribution in [0.4, 0.5) is 5.69 Å². The Labute approximate surface area is 263 Å². The lowest BCUT2D eigenvalue weighted by Crippen LogP contribution is -2.11. The normalized spacial score (nSPS) is 10.6. The molecule has 0 atom stereocenters. The van der Waals surface area contributed by atoms with Crippen LogP contribution in [0.1, 0.15) is 69.2 Å². The average molecular weight is 636 g/mol. The zero-order valence-electron chi connectivity index (χ0n) is 23.6. The van der Waals surface area contributed by atoms with Crippen LogP contribution in [0.25, 0.3) is 0 Å². The summed E-state index contributed by atoms with van der Waals surface area (Å²) in [7, 11) is 0. The van der Waals surface area contributed by atoms with Crippen molar-refractivity contribution in [3.63, 3.8) is 0 Å². The Morgan fingerprint density at radius 3 is 1.75 bits per heavy atom. The summed E-state index contributed by atoms with van der Waals surface area (Å²) in [4.78, 5) is 48.0. The van der Waals surface area contributed by atoms with Gasteiger partial charge in [0, 0.05) is 18.2 Å². The van der Waals surface area contributed by atoms with Crippen LogP contribution in [-0.2, 0) is 6.42 Å². The number of nitro benzene ring substituents is 1. The maximum Gasteiger partial charge on any atom is 0.345 e. The molecule has 0 fully saturated rings. The molecule has 44 heavy (non-hydrogen) atoms. The minimum Gasteiger partial charge on any atom is -0.423 e. The topological polar surface area (TPSA) is 122 Å². The summed E-state index contributed by atoms with van der Waals surface area (Å²) < 4.78 is 16.0. The van der Waals surface area contributed by atoms with E-state index in [1.54, 1.807) is 12.1 Å². The molecule has 0 saturated heterocycles. The van der Waals surface area contributed by atoms with Gasteiger partial charge in [-0.15, -0.1) is 0 Å². The quantitative estimate of drug-likeness (QED) is 0.0498. The summed E-state index contributed by atoms with van der Waals surface area (Å²) in [6.45, 7) is 2.17. The molecule has 0 aromatic heterocycles. The Bertz CT molecular complexity index is 1670. The number of benzene rings is 4. The van der Waals surface area contributed by atoms with Gasteiger partial charge in [0.05, 0.1) is 26.6 Å². The average Bonchev–Trinajstić information content (AvgIpc) is 3.00. The Morgan fingerprint density at radius 1 is 0.659 bits per heavy atom. The number of hydrogen-bond donors (Lipinski definition) is 0. The van der Waals surface area contributed by atoms with Crippen LogP contribution < -0.4 is 14.2 Å². The van der Waals surface area contributed by atoms with Crippen molar-refractivity contribution in [1.82, 2.24) is 0 Å². The molecule has 0 saturated carbocycles. The Kier molecular flexibility index (Phi) is 11.1.